The lowest BCUT2D eigenvalue weighted by atomic mass is 10.1. The van der Waals surface area contributed by atoms with Crippen LogP contribution in [0.1, 0.15) is 15.9 Å². The zero-order valence-corrected chi connectivity index (χ0v) is 13.1. The van der Waals surface area contributed by atoms with Gasteiger partial charge in [-0.1, -0.05) is 18.2 Å². The zero-order chi connectivity index (χ0) is 16.8. The largest absolute Gasteiger partial charge is 0.494 e. The maximum absolute atomic E-state index is 13.6. The summed E-state index contributed by atoms with van der Waals surface area (Å²) in [5.41, 5.74) is 0.926. The molecule has 0 radical (unpaired) electrons. The zero-order valence-electron chi connectivity index (χ0n) is 13.1. The van der Waals surface area contributed by atoms with Crippen LogP contribution >= 0.6 is 0 Å². The van der Waals surface area contributed by atoms with Crippen LogP contribution in [0, 0.1) is 5.82 Å². The monoisotopic (exact) mass is 316 g/mol. The molecule has 0 aliphatic heterocycles. The van der Waals surface area contributed by atoms with Gasteiger partial charge in [-0.25, -0.2) is 4.39 Å². The molecule has 0 atom stereocenters. The number of allylic oxidation sites excluding steroid dienone is 1. The third-order valence-electron chi connectivity index (χ3n) is 3.27. The van der Waals surface area contributed by atoms with Crippen LogP contribution in [0.5, 0.6) is 17.2 Å². The van der Waals surface area contributed by atoms with Crippen molar-refractivity contribution in [1.29, 1.82) is 0 Å². The molecule has 2 aromatic carbocycles. The second kappa shape index (κ2) is 7.45. The van der Waals surface area contributed by atoms with Crippen molar-refractivity contribution in [1.82, 2.24) is 0 Å². The number of carbonyl (C=O) groups is 1. The fourth-order valence-electron chi connectivity index (χ4n) is 2.13. The molecule has 0 amide bonds. The number of hydrogen-bond acceptors (Lipinski definition) is 4. The summed E-state index contributed by atoms with van der Waals surface area (Å²) in [6, 6.07) is 9.52. The lowest BCUT2D eigenvalue weighted by molar-refractivity contribution is 0.104. The average molecular weight is 316 g/mol. The number of para-hydroxylation sites is 1. The molecular weight excluding hydrogens is 299 g/mol. The maximum Gasteiger partial charge on any atom is 0.189 e. The Labute approximate surface area is 134 Å². The van der Waals surface area contributed by atoms with E-state index in [1.807, 2.05) is 0 Å². The molecule has 0 spiro atoms. The van der Waals surface area contributed by atoms with Gasteiger partial charge >= 0.3 is 0 Å². The molecule has 0 bridgehead atoms. The molecule has 120 valence electrons. The number of methoxy groups -OCH3 is 3. The summed E-state index contributed by atoms with van der Waals surface area (Å²) >= 11 is 0. The Morgan fingerprint density at radius 3 is 2.35 bits per heavy atom. The first-order valence-corrected chi connectivity index (χ1v) is 6.87. The van der Waals surface area contributed by atoms with Gasteiger partial charge in [0, 0.05) is 0 Å². The second-order valence-electron chi connectivity index (χ2n) is 4.63. The van der Waals surface area contributed by atoms with Crippen molar-refractivity contribution in [3.8, 4) is 17.2 Å². The highest BCUT2D eigenvalue weighted by molar-refractivity contribution is 6.09. The Hall–Kier alpha value is -2.82. The third-order valence-corrected chi connectivity index (χ3v) is 3.27. The number of hydrogen-bond donors (Lipinski definition) is 0. The summed E-state index contributed by atoms with van der Waals surface area (Å²) in [7, 11) is 4.37. The molecule has 23 heavy (non-hydrogen) atoms. The predicted octanol–water partition coefficient (Wildman–Crippen LogP) is 3.75. The Morgan fingerprint density at radius 2 is 1.74 bits per heavy atom. The van der Waals surface area contributed by atoms with Gasteiger partial charge in [-0.2, -0.15) is 0 Å². The van der Waals surface area contributed by atoms with E-state index in [4.69, 9.17) is 14.2 Å². The highest BCUT2D eigenvalue weighted by Gasteiger charge is 2.14. The first-order valence-electron chi connectivity index (χ1n) is 6.87. The molecule has 5 heteroatoms. The molecule has 2 rings (SSSR count). The first-order chi connectivity index (χ1) is 11.1. The van der Waals surface area contributed by atoms with E-state index in [-0.39, 0.29) is 11.5 Å². The van der Waals surface area contributed by atoms with Crippen LogP contribution in [0.3, 0.4) is 0 Å². The molecule has 2 aromatic rings. The fraction of sp³-hybridized carbons (Fsp3) is 0.167. The highest BCUT2D eigenvalue weighted by atomic mass is 19.1. The van der Waals surface area contributed by atoms with Crippen molar-refractivity contribution in [2.24, 2.45) is 0 Å². The van der Waals surface area contributed by atoms with Gasteiger partial charge in [0.05, 0.1) is 26.9 Å². The summed E-state index contributed by atoms with van der Waals surface area (Å²) in [5.74, 6) is 0.244. The van der Waals surface area contributed by atoms with Gasteiger partial charge in [-0.3, -0.25) is 4.79 Å². The summed E-state index contributed by atoms with van der Waals surface area (Å²) in [4.78, 5) is 12.3. The van der Waals surface area contributed by atoms with Crippen molar-refractivity contribution in [2.75, 3.05) is 21.3 Å². The molecule has 0 aromatic heterocycles. The highest BCUT2D eigenvalue weighted by Crippen LogP contribution is 2.31. The molecule has 0 aliphatic rings. The summed E-state index contributed by atoms with van der Waals surface area (Å²) in [6.07, 6.45) is 2.89. The van der Waals surface area contributed by atoms with Gasteiger partial charge in [-0.05, 0) is 35.9 Å². The number of ketones is 1. The van der Waals surface area contributed by atoms with Crippen LogP contribution in [0.25, 0.3) is 6.08 Å². The van der Waals surface area contributed by atoms with E-state index >= 15 is 0 Å². The minimum absolute atomic E-state index is 0.156. The fourth-order valence-corrected chi connectivity index (χ4v) is 2.13. The molecule has 0 unspecified atom stereocenters. The van der Waals surface area contributed by atoms with Crippen LogP contribution in [-0.2, 0) is 0 Å². The normalized spacial score (nSPS) is 10.6. The van der Waals surface area contributed by atoms with E-state index in [0.29, 0.717) is 22.6 Å². The Morgan fingerprint density at radius 1 is 1.00 bits per heavy atom. The van der Waals surface area contributed by atoms with Gasteiger partial charge in [0.15, 0.2) is 28.8 Å². The smallest absolute Gasteiger partial charge is 0.189 e. The number of benzene rings is 2. The van der Waals surface area contributed by atoms with E-state index in [0.717, 1.165) is 0 Å². The van der Waals surface area contributed by atoms with Crippen LogP contribution in [0.4, 0.5) is 4.39 Å². The lowest BCUT2D eigenvalue weighted by Crippen LogP contribution is -2.01. The Kier molecular flexibility index (Phi) is 5.36. The van der Waals surface area contributed by atoms with Crippen LogP contribution in [-0.4, -0.2) is 27.1 Å². The van der Waals surface area contributed by atoms with Gasteiger partial charge in [0.1, 0.15) is 0 Å². The predicted molar refractivity (Wildman–Crippen MR) is 85.9 cm³/mol. The minimum Gasteiger partial charge on any atom is -0.494 e. The van der Waals surface area contributed by atoms with Crippen molar-refractivity contribution in [2.45, 2.75) is 0 Å². The van der Waals surface area contributed by atoms with Crippen molar-refractivity contribution in [3.05, 3.63) is 59.4 Å². The molecule has 0 heterocycles. The number of halogens is 1. The summed E-state index contributed by atoms with van der Waals surface area (Å²) in [6.45, 7) is 0. The van der Waals surface area contributed by atoms with Crippen LogP contribution in [0.15, 0.2) is 42.5 Å². The minimum atomic E-state index is -0.485. The third kappa shape index (κ3) is 3.69. The molecule has 0 aliphatic carbocycles. The topological polar surface area (TPSA) is 44.8 Å². The van der Waals surface area contributed by atoms with E-state index < -0.39 is 5.82 Å². The van der Waals surface area contributed by atoms with E-state index in [9.17, 15) is 9.18 Å². The van der Waals surface area contributed by atoms with Gasteiger partial charge in [0.2, 0.25) is 0 Å². The van der Waals surface area contributed by atoms with E-state index in [1.54, 1.807) is 24.3 Å². The van der Waals surface area contributed by atoms with Crippen molar-refractivity contribution in [3.63, 3.8) is 0 Å². The Balaban J connectivity index is 2.27. The van der Waals surface area contributed by atoms with E-state index in [1.165, 1.54) is 45.6 Å². The molecule has 4 nitrogen and oxygen atoms in total. The number of carbonyl (C=O) groups excluding carboxylic acids is 1. The first kappa shape index (κ1) is 16.5. The maximum atomic E-state index is 13.6. The number of rotatable bonds is 6. The molecule has 0 N–H and O–H groups in total. The SMILES string of the molecule is COc1ccc(C=CC(=O)c2cccc(OC)c2OC)cc1F. The van der Waals surface area contributed by atoms with Crippen LogP contribution < -0.4 is 14.2 Å². The molecule has 0 saturated heterocycles. The molecule has 0 saturated carbocycles. The van der Waals surface area contributed by atoms with Crippen molar-refractivity contribution < 1.29 is 23.4 Å². The van der Waals surface area contributed by atoms with Gasteiger partial charge in [0.25, 0.3) is 0 Å². The summed E-state index contributed by atoms with van der Waals surface area (Å²) in [5, 5.41) is 0. The van der Waals surface area contributed by atoms with Crippen LogP contribution in [0.2, 0.25) is 0 Å². The summed E-state index contributed by atoms with van der Waals surface area (Å²) < 4.78 is 28.9. The lowest BCUT2D eigenvalue weighted by Gasteiger charge is -2.10. The Bertz CT molecular complexity index is 738. The molecular formula is C18H17FO4. The second-order valence-corrected chi connectivity index (χ2v) is 4.63. The number of ether oxygens (including phenoxy) is 3. The average Bonchev–Trinajstić information content (AvgIpc) is 2.58. The standard InChI is InChI=1S/C18H17FO4/c1-21-16-10-8-12(11-14(16)19)7-9-15(20)13-5-4-6-17(22-2)18(13)23-3/h4-11H,1-3H3. The van der Waals surface area contributed by atoms with Gasteiger partial charge in [-0.15, -0.1) is 0 Å². The van der Waals surface area contributed by atoms with Crippen molar-refractivity contribution >= 4 is 11.9 Å². The quantitative estimate of drug-likeness (QED) is 0.601. The molecule has 0 fully saturated rings. The van der Waals surface area contributed by atoms with Gasteiger partial charge < -0.3 is 14.2 Å². The van der Waals surface area contributed by atoms with E-state index in [2.05, 4.69) is 0 Å².